The van der Waals surface area contributed by atoms with Crippen LogP contribution in [0.15, 0.2) is 97.3 Å². The molecule has 0 aliphatic heterocycles. The monoisotopic (exact) mass is 865 g/mol. The lowest BCUT2D eigenvalue weighted by Crippen LogP contribution is -2.20. The normalized spacial score (nSPS) is 9.79. The summed E-state index contributed by atoms with van der Waals surface area (Å²) in [6, 6.07) is 26.0. The van der Waals surface area contributed by atoms with Gasteiger partial charge in [-0.2, -0.15) is 9.97 Å². The van der Waals surface area contributed by atoms with Crippen molar-refractivity contribution in [3.05, 3.63) is 120 Å². The van der Waals surface area contributed by atoms with E-state index in [0.717, 1.165) is 27.9 Å². The summed E-state index contributed by atoms with van der Waals surface area (Å²) in [4.78, 5) is 28.0. The van der Waals surface area contributed by atoms with Crippen molar-refractivity contribution in [2.75, 3.05) is 51.3 Å². The molecule has 16 nitrogen and oxygen atoms in total. The lowest BCUT2D eigenvalue weighted by Gasteiger charge is -2.18. The first-order valence-corrected chi connectivity index (χ1v) is 20.3. The first-order valence-electron chi connectivity index (χ1n) is 20.3. The molecule has 0 aliphatic rings. The zero-order valence-electron chi connectivity index (χ0n) is 37.4. The third-order valence-electron chi connectivity index (χ3n) is 8.38. The van der Waals surface area contributed by atoms with Gasteiger partial charge in [-0.05, 0) is 72.2 Å². The summed E-state index contributed by atoms with van der Waals surface area (Å²) in [5.74, 6) is 2.88. The highest BCUT2D eigenvalue weighted by Gasteiger charge is 2.17. The molecule has 340 valence electrons. The molecule has 6 rings (SSSR count). The molecular weight excluding hydrogens is 797 g/mol. The van der Waals surface area contributed by atoms with Crippen LogP contribution < -0.4 is 54.1 Å². The van der Waals surface area contributed by atoms with Crippen LogP contribution >= 0.6 is 0 Å². The fourth-order valence-corrected chi connectivity index (χ4v) is 5.29. The number of nitrogens with two attached hydrogens (primary N) is 5. The van der Waals surface area contributed by atoms with Gasteiger partial charge in [-0.15, -0.1) is 0 Å². The van der Waals surface area contributed by atoms with E-state index in [-0.39, 0.29) is 49.6 Å². The molecule has 16 heteroatoms. The first-order chi connectivity index (χ1) is 29.6. The van der Waals surface area contributed by atoms with Crippen LogP contribution in [-0.4, -0.2) is 37.8 Å². The predicted molar refractivity (Wildman–Crippen MR) is 262 cm³/mol. The first kappa shape index (κ1) is 53.7. The number of nitrogens with zero attached hydrogens (tertiary/aromatic N) is 4. The molecule has 0 bridgehead atoms. The number of anilines is 8. The van der Waals surface area contributed by atoms with Crippen LogP contribution in [0, 0.1) is 13.8 Å². The summed E-state index contributed by atoms with van der Waals surface area (Å²) in [5, 5.41) is 16.8. The molecule has 6 aromatic rings. The average molecular weight is 865 g/mol. The number of ether oxygens (including phenoxy) is 2. The topological polar surface area (TPSA) is 274 Å². The van der Waals surface area contributed by atoms with E-state index in [1.165, 1.54) is 12.4 Å². The van der Waals surface area contributed by atoms with Gasteiger partial charge in [0, 0.05) is 34.9 Å². The van der Waals surface area contributed by atoms with Gasteiger partial charge in [0.25, 0.3) is 0 Å². The van der Waals surface area contributed by atoms with Crippen molar-refractivity contribution < 1.29 is 19.4 Å². The minimum Gasteiger partial charge on any atom is -0.451 e. The second kappa shape index (κ2) is 27.5. The van der Waals surface area contributed by atoms with Crippen molar-refractivity contribution >= 4 is 52.3 Å². The number of amides is 2. The van der Waals surface area contributed by atoms with Crippen LogP contribution in [0.5, 0.6) is 23.0 Å². The summed E-state index contributed by atoms with van der Waals surface area (Å²) in [6.45, 7) is 20.2. The van der Waals surface area contributed by atoms with E-state index in [2.05, 4.69) is 63.6 Å². The SMILES string of the molecule is C.CC.CC.Cc1cc(C(C)C)c(Oc2cnc(N)nc2N)cc1N.Cc1cc(C(C)C)c(Oc2cnc(N)nc2N)cc1NC(=O)Nc1ccccc1.OCNc1ccccc1. The van der Waals surface area contributed by atoms with E-state index < -0.39 is 0 Å². The average Bonchev–Trinajstić information content (AvgIpc) is 3.25. The number of carbonyl (C=O) groups is 1. The summed E-state index contributed by atoms with van der Waals surface area (Å²) in [6.07, 6.45) is 2.88. The zero-order valence-corrected chi connectivity index (χ0v) is 37.4. The standard InChI is InChI=1S/C21H24N6O2.C14H19N5O.C7H9NO.2C2H6.CH4/c1-12(2)15-9-13(3)16(26-21(28)25-14-7-5-4-6-8-14)10-17(15)29-18-11-24-20(23)27-19(18)22;1-7(2)9-4-8(3)10(15)5-11(9)20-12-6-18-14(17)19-13(12)16;9-6-8-7-4-2-1-3-5-7;2*1-2;/h4-12H,1-3H3,(H2,25,26,28)(H4,22,23,24,27);4-7H,15H2,1-3H3,(H4,16,17,18,19);1-5,8-9H,6H2;2*1-2H3;1H4. The molecule has 2 heterocycles. The minimum atomic E-state index is -0.349. The highest BCUT2D eigenvalue weighted by Crippen LogP contribution is 2.37. The molecule has 4 aromatic carbocycles. The number of aliphatic hydroxyl groups is 1. The molecule has 0 saturated heterocycles. The number of aryl methyl sites for hydroxylation is 2. The number of aromatic nitrogens is 4. The molecular formula is C47H68N12O4. The Balaban J connectivity index is 0.000000504. The quantitative estimate of drug-likeness (QED) is 0.0458. The lowest BCUT2D eigenvalue weighted by molar-refractivity contribution is 0.262. The Hall–Kier alpha value is -7.33. The Bertz CT molecular complexity index is 2280. The number of aliphatic hydroxyl groups excluding tert-OH is 1. The molecule has 2 amide bonds. The molecule has 0 atom stereocenters. The lowest BCUT2D eigenvalue weighted by atomic mass is 9.98. The maximum absolute atomic E-state index is 12.4. The molecule has 0 fully saturated rings. The second-order valence-electron chi connectivity index (χ2n) is 13.6. The molecule has 0 radical (unpaired) electrons. The number of benzene rings is 4. The van der Waals surface area contributed by atoms with Crippen molar-refractivity contribution in [1.82, 2.24) is 19.9 Å². The third-order valence-corrected chi connectivity index (χ3v) is 8.38. The number of para-hydroxylation sites is 2. The van der Waals surface area contributed by atoms with Crippen LogP contribution in [0.2, 0.25) is 0 Å². The fraction of sp³-hybridized carbons (Fsp3) is 0.298. The van der Waals surface area contributed by atoms with Crippen LogP contribution in [0.3, 0.4) is 0 Å². The number of nitrogen functional groups attached to an aromatic ring is 5. The van der Waals surface area contributed by atoms with Crippen LogP contribution in [0.1, 0.15) is 96.9 Å². The summed E-state index contributed by atoms with van der Waals surface area (Å²) < 4.78 is 11.8. The van der Waals surface area contributed by atoms with Crippen LogP contribution in [0.25, 0.3) is 0 Å². The third kappa shape index (κ3) is 17.3. The van der Waals surface area contributed by atoms with Gasteiger partial charge >= 0.3 is 6.03 Å². The molecule has 0 saturated carbocycles. The number of hydrogen-bond donors (Lipinski definition) is 9. The zero-order chi connectivity index (χ0) is 46.4. The van der Waals surface area contributed by atoms with Gasteiger partial charge in [-0.1, -0.05) is 111 Å². The summed E-state index contributed by atoms with van der Waals surface area (Å²) in [7, 11) is 0. The summed E-state index contributed by atoms with van der Waals surface area (Å²) >= 11 is 0. The maximum atomic E-state index is 12.4. The number of nitrogens with one attached hydrogen (secondary N) is 3. The Morgan fingerprint density at radius 2 is 1.05 bits per heavy atom. The molecule has 63 heavy (non-hydrogen) atoms. The Morgan fingerprint density at radius 1 is 0.619 bits per heavy atom. The molecule has 14 N–H and O–H groups in total. The second-order valence-corrected chi connectivity index (χ2v) is 13.6. The van der Waals surface area contributed by atoms with Crippen molar-refractivity contribution in [3.8, 4) is 23.0 Å². The number of carbonyl (C=O) groups excluding carboxylic acids is 1. The van der Waals surface area contributed by atoms with Gasteiger partial charge in [0.2, 0.25) is 11.9 Å². The van der Waals surface area contributed by atoms with Crippen molar-refractivity contribution in [2.45, 2.75) is 88.5 Å². The molecule has 0 spiro atoms. The van der Waals surface area contributed by atoms with Crippen molar-refractivity contribution in [3.63, 3.8) is 0 Å². The number of rotatable bonds is 10. The molecule has 0 aliphatic carbocycles. The highest BCUT2D eigenvalue weighted by molar-refractivity contribution is 6.00. The maximum Gasteiger partial charge on any atom is 0.323 e. The minimum absolute atomic E-state index is 0. The van der Waals surface area contributed by atoms with Gasteiger partial charge in [-0.3, -0.25) is 0 Å². The Labute approximate surface area is 373 Å². The number of urea groups is 1. The van der Waals surface area contributed by atoms with E-state index in [9.17, 15) is 4.79 Å². The van der Waals surface area contributed by atoms with Gasteiger partial charge in [0.1, 0.15) is 18.2 Å². The number of hydrogen-bond acceptors (Lipinski definition) is 14. The largest absolute Gasteiger partial charge is 0.451 e. The van der Waals surface area contributed by atoms with E-state index in [1.807, 2.05) is 114 Å². The fourth-order valence-electron chi connectivity index (χ4n) is 5.29. The van der Waals surface area contributed by atoms with Gasteiger partial charge in [0.15, 0.2) is 23.1 Å². The van der Waals surface area contributed by atoms with Crippen molar-refractivity contribution in [1.29, 1.82) is 0 Å². The van der Waals surface area contributed by atoms with Gasteiger partial charge in [0.05, 0.1) is 12.4 Å². The van der Waals surface area contributed by atoms with Crippen LogP contribution in [0.4, 0.5) is 51.1 Å². The van der Waals surface area contributed by atoms with Gasteiger partial charge in [-0.25, -0.2) is 14.8 Å². The predicted octanol–water partition coefficient (Wildman–Crippen LogP) is 10.7. The Kier molecular flexibility index (Phi) is 23.4. The Morgan fingerprint density at radius 3 is 1.48 bits per heavy atom. The van der Waals surface area contributed by atoms with E-state index >= 15 is 0 Å². The van der Waals surface area contributed by atoms with E-state index in [1.54, 1.807) is 12.1 Å². The molecule has 2 aromatic heterocycles. The van der Waals surface area contributed by atoms with E-state index in [0.29, 0.717) is 46.0 Å². The van der Waals surface area contributed by atoms with Gasteiger partial charge < -0.3 is 59.2 Å². The molecule has 0 unspecified atom stereocenters. The van der Waals surface area contributed by atoms with E-state index in [4.69, 9.17) is 43.2 Å². The summed E-state index contributed by atoms with van der Waals surface area (Å²) in [5.41, 5.74) is 35.5. The highest BCUT2D eigenvalue weighted by atomic mass is 16.5. The smallest absolute Gasteiger partial charge is 0.323 e. The van der Waals surface area contributed by atoms with Crippen LogP contribution in [-0.2, 0) is 0 Å². The van der Waals surface area contributed by atoms with Crippen molar-refractivity contribution in [2.24, 2.45) is 0 Å².